The van der Waals surface area contributed by atoms with Gasteiger partial charge in [0.25, 0.3) is 0 Å². The van der Waals surface area contributed by atoms with E-state index in [1.807, 2.05) is 62.4 Å². The topological polar surface area (TPSA) is 75.4 Å². The zero-order valence-electron chi connectivity index (χ0n) is 15.0. The second-order valence-corrected chi connectivity index (χ2v) is 6.31. The highest BCUT2D eigenvalue weighted by molar-refractivity contribution is 5.96. The van der Waals surface area contributed by atoms with Gasteiger partial charge in [-0.25, -0.2) is 0 Å². The van der Waals surface area contributed by atoms with Gasteiger partial charge in [-0.1, -0.05) is 48.5 Å². The minimum absolute atomic E-state index is 0.0326. The van der Waals surface area contributed by atoms with Crippen LogP contribution in [0.2, 0.25) is 0 Å². The lowest BCUT2D eigenvalue weighted by Crippen LogP contribution is -2.45. The smallest absolute Gasteiger partial charge is 0.243 e. The third kappa shape index (κ3) is 5.16. The summed E-state index contributed by atoms with van der Waals surface area (Å²) < 4.78 is 0. The third-order valence-corrected chi connectivity index (χ3v) is 4.12. The van der Waals surface area contributed by atoms with Crippen LogP contribution >= 0.6 is 0 Å². The second-order valence-electron chi connectivity index (χ2n) is 6.31. The van der Waals surface area contributed by atoms with Crippen LogP contribution in [-0.4, -0.2) is 36.3 Å². The summed E-state index contributed by atoms with van der Waals surface area (Å²) in [6.07, 6.45) is 0.447. The van der Waals surface area contributed by atoms with E-state index >= 15 is 0 Å². The minimum atomic E-state index is -0.666. The van der Waals surface area contributed by atoms with Crippen molar-refractivity contribution in [2.24, 2.45) is 5.73 Å². The summed E-state index contributed by atoms with van der Waals surface area (Å²) in [5.74, 6) is -0.485. The fraction of sp³-hybridized carbons (Fsp3) is 0.300. The Bertz CT molecular complexity index is 724. The van der Waals surface area contributed by atoms with Crippen molar-refractivity contribution in [3.05, 3.63) is 65.2 Å². The van der Waals surface area contributed by atoms with Gasteiger partial charge >= 0.3 is 0 Å². The lowest BCUT2D eigenvalue weighted by atomic mass is 10.1. The lowest BCUT2D eigenvalue weighted by Gasteiger charge is -2.21. The van der Waals surface area contributed by atoms with E-state index in [2.05, 4.69) is 5.32 Å². The van der Waals surface area contributed by atoms with E-state index in [9.17, 15) is 9.59 Å². The third-order valence-electron chi connectivity index (χ3n) is 4.12. The standard InChI is InChI=1S/C20H25N3O2/c1-14-8-7-9-15(2)19(14)22-18(24)13-23(3)20(25)17(21)12-16-10-5-4-6-11-16/h4-11,17H,12-13,21H2,1-3H3,(H,22,24). The zero-order valence-corrected chi connectivity index (χ0v) is 15.0. The molecule has 5 nitrogen and oxygen atoms in total. The molecule has 0 aliphatic carbocycles. The van der Waals surface area contributed by atoms with Gasteiger partial charge in [0.2, 0.25) is 11.8 Å². The monoisotopic (exact) mass is 339 g/mol. The van der Waals surface area contributed by atoms with Crippen molar-refractivity contribution in [3.63, 3.8) is 0 Å². The first kappa shape index (κ1) is 18.7. The second kappa shape index (κ2) is 8.44. The predicted molar refractivity (Wildman–Crippen MR) is 100 cm³/mol. The molecule has 2 rings (SSSR count). The number of nitrogens with zero attached hydrogens (tertiary/aromatic N) is 1. The van der Waals surface area contributed by atoms with Gasteiger partial charge in [-0.2, -0.15) is 0 Å². The van der Waals surface area contributed by atoms with Gasteiger partial charge in [0.15, 0.2) is 0 Å². The Morgan fingerprint density at radius 1 is 1.04 bits per heavy atom. The van der Waals surface area contributed by atoms with Gasteiger partial charge in [-0.05, 0) is 37.0 Å². The summed E-state index contributed by atoms with van der Waals surface area (Å²) in [5.41, 5.74) is 9.77. The number of benzene rings is 2. The van der Waals surface area contributed by atoms with Gasteiger partial charge in [0.1, 0.15) is 0 Å². The van der Waals surface area contributed by atoms with Crippen molar-refractivity contribution in [1.82, 2.24) is 4.90 Å². The maximum absolute atomic E-state index is 12.4. The molecule has 1 unspecified atom stereocenters. The minimum Gasteiger partial charge on any atom is -0.335 e. The number of amides is 2. The fourth-order valence-electron chi connectivity index (χ4n) is 2.72. The van der Waals surface area contributed by atoms with Crippen LogP contribution in [-0.2, 0) is 16.0 Å². The molecule has 0 spiro atoms. The van der Waals surface area contributed by atoms with Crippen molar-refractivity contribution < 1.29 is 9.59 Å². The fourth-order valence-corrected chi connectivity index (χ4v) is 2.72. The zero-order chi connectivity index (χ0) is 18.4. The van der Waals surface area contributed by atoms with E-state index < -0.39 is 6.04 Å². The molecule has 25 heavy (non-hydrogen) atoms. The number of nitrogens with two attached hydrogens (primary N) is 1. The van der Waals surface area contributed by atoms with Crippen LogP contribution in [0.4, 0.5) is 5.69 Å². The van der Waals surface area contributed by atoms with Crippen molar-refractivity contribution in [2.45, 2.75) is 26.3 Å². The number of hydrogen-bond donors (Lipinski definition) is 2. The van der Waals surface area contributed by atoms with Crippen LogP contribution in [0.25, 0.3) is 0 Å². The molecule has 3 N–H and O–H groups in total. The summed E-state index contributed by atoms with van der Waals surface area (Å²) in [7, 11) is 1.59. The van der Waals surface area contributed by atoms with Crippen LogP contribution in [0.3, 0.4) is 0 Å². The first-order valence-electron chi connectivity index (χ1n) is 8.29. The maximum atomic E-state index is 12.4. The number of hydrogen-bond acceptors (Lipinski definition) is 3. The van der Waals surface area contributed by atoms with E-state index in [1.165, 1.54) is 4.90 Å². The van der Waals surface area contributed by atoms with E-state index in [1.54, 1.807) is 7.05 Å². The molecule has 0 heterocycles. The van der Waals surface area contributed by atoms with Crippen LogP contribution in [0.15, 0.2) is 48.5 Å². The summed E-state index contributed by atoms with van der Waals surface area (Å²) in [4.78, 5) is 26.0. The molecule has 0 aliphatic heterocycles. The Balaban J connectivity index is 1.92. The molecule has 1 atom stereocenters. The predicted octanol–water partition coefficient (Wildman–Crippen LogP) is 2.27. The number of nitrogens with one attached hydrogen (secondary N) is 1. The molecule has 0 radical (unpaired) electrons. The first-order valence-corrected chi connectivity index (χ1v) is 8.29. The highest BCUT2D eigenvalue weighted by atomic mass is 16.2. The van der Waals surface area contributed by atoms with Gasteiger partial charge in [-0.15, -0.1) is 0 Å². The highest BCUT2D eigenvalue weighted by Crippen LogP contribution is 2.19. The Labute approximate surface area is 148 Å². The molecule has 2 aromatic rings. The van der Waals surface area contributed by atoms with Crippen molar-refractivity contribution in [3.8, 4) is 0 Å². The van der Waals surface area contributed by atoms with E-state index in [-0.39, 0.29) is 18.4 Å². The van der Waals surface area contributed by atoms with Crippen molar-refractivity contribution >= 4 is 17.5 Å². The van der Waals surface area contributed by atoms with Crippen LogP contribution in [0.1, 0.15) is 16.7 Å². The molecule has 5 heteroatoms. The van der Waals surface area contributed by atoms with Gasteiger partial charge in [0.05, 0.1) is 12.6 Å². The maximum Gasteiger partial charge on any atom is 0.243 e. The Morgan fingerprint density at radius 3 is 2.24 bits per heavy atom. The van der Waals surface area contributed by atoms with Crippen LogP contribution in [0.5, 0.6) is 0 Å². The number of likely N-dealkylation sites (N-methyl/N-ethyl adjacent to an activating group) is 1. The Morgan fingerprint density at radius 2 is 1.64 bits per heavy atom. The number of para-hydroxylation sites is 1. The molecule has 0 saturated heterocycles. The number of carbonyl (C=O) groups excluding carboxylic acids is 2. The Hall–Kier alpha value is -2.66. The molecule has 0 bridgehead atoms. The largest absolute Gasteiger partial charge is 0.335 e. The van der Waals surface area contributed by atoms with Gasteiger partial charge < -0.3 is 16.0 Å². The van der Waals surface area contributed by atoms with Crippen LogP contribution in [0, 0.1) is 13.8 Å². The molecule has 0 aromatic heterocycles. The molecule has 0 aliphatic rings. The first-order chi connectivity index (χ1) is 11.9. The average molecular weight is 339 g/mol. The molecule has 2 amide bonds. The van der Waals surface area contributed by atoms with Crippen molar-refractivity contribution in [1.29, 1.82) is 0 Å². The van der Waals surface area contributed by atoms with Crippen LogP contribution < -0.4 is 11.1 Å². The summed E-state index contributed by atoms with van der Waals surface area (Å²) in [6.45, 7) is 3.84. The molecule has 132 valence electrons. The summed E-state index contributed by atoms with van der Waals surface area (Å²) in [5, 5.41) is 2.88. The number of anilines is 1. The van der Waals surface area contributed by atoms with Crippen molar-refractivity contribution in [2.75, 3.05) is 18.9 Å². The highest BCUT2D eigenvalue weighted by Gasteiger charge is 2.20. The molecule has 0 fully saturated rings. The van der Waals surface area contributed by atoms with E-state index in [0.717, 1.165) is 22.4 Å². The van der Waals surface area contributed by atoms with E-state index in [4.69, 9.17) is 5.73 Å². The lowest BCUT2D eigenvalue weighted by molar-refractivity contribution is -0.134. The van der Waals surface area contributed by atoms with Gasteiger partial charge in [0, 0.05) is 12.7 Å². The summed E-state index contributed by atoms with van der Waals surface area (Å²) >= 11 is 0. The normalized spacial score (nSPS) is 11.7. The average Bonchev–Trinajstić information content (AvgIpc) is 2.58. The quantitative estimate of drug-likeness (QED) is 0.848. The SMILES string of the molecule is Cc1cccc(C)c1NC(=O)CN(C)C(=O)C(N)Cc1ccccc1. The molecular formula is C20H25N3O2. The summed E-state index contributed by atoms with van der Waals surface area (Å²) in [6, 6.07) is 14.8. The molecule has 0 saturated carbocycles. The number of carbonyl (C=O) groups is 2. The number of rotatable bonds is 6. The van der Waals surface area contributed by atoms with Gasteiger partial charge in [-0.3, -0.25) is 9.59 Å². The molecular weight excluding hydrogens is 314 g/mol. The Kier molecular flexibility index (Phi) is 6.31. The number of aryl methyl sites for hydroxylation is 2. The van der Waals surface area contributed by atoms with E-state index in [0.29, 0.717) is 6.42 Å². The molecule has 2 aromatic carbocycles.